The molecule has 0 saturated heterocycles. The Kier molecular flexibility index (Phi) is 3.53. The average Bonchev–Trinajstić information content (AvgIpc) is 2.24. The number of rotatable bonds is 3. The number of hydrogen-bond donors (Lipinski definition) is 0. The van der Waals surface area contributed by atoms with E-state index in [1.807, 2.05) is 0 Å². The van der Waals surface area contributed by atoms with E-state index in [9.17, 15) is 8.42 Å². The van der Waals surface area contributed by atoms with Gasteiger partial charge < -0.3 is 0 Å². The smallest absolute Gasteiger partial charge is 0.264 e. The minimum absolute atomic E-state index is 0.123. The summed E-state index contributed by atoms with van der Waals surface area (Å²) in [5.74, 6) is 0. The largest absolute Gasteiger partial charge is 0.265 e. The Morgan fingerprint density at radius 2 is 2.15 bits per heavy atom. The molecule has 0 saturated carbocycles. The Balaban J connectivity index is 2.70. The van der Waals surface area contributed by atoms with Crippen LogP contribution < -0.4 is 0 Å². The second-order valence-electron chi connectivity index (χ2n) is 2.15. The molecule has 1 rings (SSSR count). The van der Waals surface area contributed by atoms with Crippen LogP contribution in [0, 0.1) is 0 Å². The molecule has 0 aliphatic carbocycles. The third kappa shape index (κ3) is 3.78. The van der Waals surface area contributed by atoms with Crippen LogP contribution in [0.4, 0.5) is 0 Å². The highest BCUT2D eigenvalue weighted by Gasteiger charge is 2.10. The summed E-state index contributed by atoms with van der Waals surface area (Å²) >= 11 is 12.2. The van der Waals surface area contributed by atoms with Crippen LogP contribution in [0.1, 0.15) is 4.88 Å². The van der Waals surface area contributed by atoms with Gasteiger partial charge in [-0.3, -0.25) is 4.18 Å². The summed E-state index contributed by atoms with van der Waals surface area (Å²) < 4.78 is 26.0. The maximum atomic E-state index is 10.6. The van der Waals surface area contributed by atoms with Crippen molar-refractivity contribution in [2.75, 3.05) is 6.26 Å². The summed E-state index contributed by atoms with van der Waals surface area (Å²) in [5, 5.41) is 0.179. The van der Waals surface area contributed by atoms with Gasteiger partial charge in [-0.25, -0.2) is 4.98 Å². The summed E-state index contributed by atoms with van der Waals surface area (Å²) in [4.78, 5) is 4.18. The first-order valence-electron chi connectivity index (χ1n) is 3.03. The number of hydrogen-bond acceptors (Lipinski definition) is 5. The molecule has 13 heavy (non-hydrogen) atoms. The molecule has 4 nitrogen and oxygen atoms in total. The molecule has 0 spiro atoms. The van der Waals surface area contributed by atoms with Crippen molar-refractivity contribution >= 4 is 44.7 Å². The minimum Gasteiger partial charge on any atom is -0.265 e. The molecule has 0 N–H and O–H groups in total. The highest BCUT2D eigenvalue weighted by Crippen LogP contribution is 2.27. The second-order valence-corrected chi connectivity index (χ2v) is 5.81. The maximum Gasteiger partial charge on any atom is 0.264 e. The van der Waals surface area contributed by atoms with Crippen molar-refractivity contribution in [2.24, 2.45) is 0 Å². The lowest BCUT2D eigenvalue weighted by molar-refractivity contribution is 0.315. The molecule has 74 valence electrons. The van der Waals surface area contributed by atoms with Gasteiger partial charge in [0.1, 0.15) is 11.8 Å². The maximum absolute atomic E-state index is 10.6. The lowest BCUT2D eigenvalue weighted by Crippen LogP contribution is -2.01. The molecule has 0 unspecified atom stereocenters. The van der Waals surface area contributed by atoms with Gasteiger partial charge in [0.15, 0.2) is 4.47 Å². The zero-order valence-electron chi connectivity index (χ0n) is 6.45. The van der Waals surface area contributed by atoms with Crippen molar-refractivity contribution < 1.29 is 12.6 Å². The number of thiazole rings is 1. The third-order valence-electron chi connectivity index (χ3n) is 1.03. The minimum atomic E-state index is -3.45. The zero-order valence-corrected chi connectivity index (χ0v) is 9.60. The Morgan fingerprint density at radius 1 is 1.54 bits per heavy atom. The van der Waals surface area contributed by atoms with Crippen LogP contribution in [-0.4, -0.2) is 19.7 Å². The monoisotopic (exact) mass is 261 g/mol. The van der Waals surface area contributed by atoms with Crippen LogP contribution in [0.5, 0.6) is 0 Å². The molecule has 8 heteroatoms. The summed E-state index contributed by atoms with van der Waals surface area (Å²) in [6, 6.07) is 0. The zero-order chi connectivity index (χ0) is 10.1. The fourth-order valence-corrected chi connectivity index (χ4v) is 2.26. The highest BCUT2D eigenvalue weighted by molar-refractivity contribution is 7.85. The summed E-state index contributed by atoms with van der Waals surface area (Å²) in [6.45, 7) is -0.123. The first-order chi connectivity index (χ1) is 5.88. The summed E-state index contributed by atoms with van der Waals surface area (Å²) in [6.07, 6.45) is 0.962. The predicted molar refractivity (Wildman–Crippen MR) is 51.8 cm³/mol. The first-order valence-corrected chi connectivity index (χ1v) is 6.42. The van der Waals surface area contributed by atoms with Crippen molar-refractivity contribution in [3.63, 3.8) is 0 Å². The van der Waals surface area contributed by atoms with E-state index in [0.717, 1.165) is 17.6 Å². The Morgan fingerprint density at radius 3 is 2.54 bits per heavy atom. The van der Waals surface area contributed by atoms with E-state index in [1.165, 1.54) is 0 Å². The van der Waals surface area contributed by atoms with Gasteiger partial charge in [0.25, 0.3) is 10.1 Å². The first kappa shape index (κ1) is 11.2. The van der Waals surface area contributed by atoms with Crippen molar-refractivity contribution in [2.45, 2.75) is 6.61 Å². The molecule has 0 atom stereocenters. The predicted octanol–water partition coefficient (Wildman–Crippen LogP) is 1.93. The van der Waals surface area contributed by atoms with Crippen LogP contribution in [-0.2, 0) is 20.9 Å². The fourth-order valence-electron chi connectivity index (χ4n) is 0.556. The van der Waals surface area contributed by atoms with Crippen LogP contribution in [0.25, 0.3) is 0 Å². The molecule has 0 aliphatic rings. The van der Waals surface area contributed by atoms with E-state index < -0.39 is 10.1 Å². The average molecular weight is 262 g/mol. The van der Waals surface area contributed by atoms with Crippen LogP contribution in [0.2, 0.25) is 9.62 Å². The van der Waals surface area contributed by atoms with E-state index >= 15 is 0 Å². The van der Waals surface area contributed by atoms with Gasteiger partial charge in [-0.1, -0.05) is 23.2 Å². The Bertz CT molecular complexity index is 400. The van der Waals surface area contributed by atoms with Crippen LogP contribution in [0.15, 0.2) is 0 Å². The van der Waals surface area contributed by atoms with Crippen molar-refractivity contribution in [3.05, 3.63) is 14.5 Å². The van der Waals surface area contributed by atoms with Crippen molar-refractivity contribution in [3.8, 4) is 0 Å². The van der Waals surface area contributed by atoms with Gasteiger partial charge >= 0.3 is 0 Å². The molecule has 1 heterocycles. The lowest BCUT2D eigenvalue weighted by Gasteiger charge is -1.97. The third-order valence-corrected chi connectivity index (χ3v) is 3.13. The van der Waals surface area contributed by atoms with Crippen LogP contribution >= 0.6 is 34.5 Å². The Hall–Kier alpha value is 0.120. The van der Waals surface area contributed by atoms with E-state index in [4.69, 9.17) is 23.2 Å². The molecular weight excluding hydrogens is 257 g/mol. The SMILES string of the molecule is CS(=O)(=O)OCc1sc(Cl)nc1Cl. The normalized spacial score (nSPS) is 11.9. The number of nitrogens with zero attached hydrogens (tertiary/aromatic N) is 1. The lowest BCUT2D eigenvalue weighted by atomic mass is 10.6. The number of aromatic nitrogens is 1. The van der Waals surface area contributed by atoms with E-state index in [0.29, 0.717) is 4.88 Å². The van der Waals surface area contributed by atoms with Gasteiger partial charge in [-0.15, -0.1) is 11.3 Å². The standard InChI is InChI=1S/C5H5Cl2NO3S2/c1-13(9,10)11-2-3-4(6)8-5(7)12-3/h2H2,1H3. The quantitative estimate of drug-likeness (QED) is 0.781. The fraction of sp³-hybridized carbons (Fsp3) is 0.400. The van der Waals surface area contributed by atoms with Gasteiger partial charge in [0.2, 0.25) is 0 Å². The molecule has 0 aromatic carbocycles. The van der Waals surface area contributed by atoms with E-state index in [-0.39, 0.29) is 16.2 Å². The van der Waals surface area contributed by atoms with Gasteiger partial charge in [-0.2, -0.15) is 8.42 Å². The molecule has 0 bridgehead atoms. The molecule has 1 aromatic rings. The topological polar surface area (TPSA) is 56.3 Å². The molecule has 0 aliphatic heterocycles. The van der Waals surface area contributed by atoms with Crippen molar-refractivity contribution in [1.82, 2.24) is 4.98 Å². The highest BCUT2D eigenvalue weighted by atomic mass is 35.5. The number of halogens is 2. The van der Waals surface area contributed by atoms with Crippen LogP contribution in [0.3, 0.4) is 0 Å². The Labute approximate surface area is 89.6 Å². The molecule has 0 fully saturated rings. The van der Waals surface area contributed by atoms with Crippen molar-refractivity contribution in [1.29, 1.82) is 0 Å². The van der Waals surface area contributed by atoms with E-state index in [2.05, 4.69) is 9.17 Å². The van der Waals surface area contributed by atoms with E-state index in [1.54, 1.807) is 0 Å². The molecule has 1 aromatic heterocycles. The van der Waals surface area contributed by atoms with Gasteiger partial charge in [0, 0.05) is 0 Å². The van der Waals surface area contributed by atoms with Gasteiger partial charge in [0.05, 0.1) is 11.1 Å². The summed E-state index contributed by atoms with van der Waals surface area (Å²) in [7, 11) is -3.45. The van der Waals surface area contributed by atoms with Gasteiger partial charge in [-0.05, 0) is 0 Å². The molecular formula is C5H5Cl2NO3S2. The summed E-state index contributed by atoms with van der Waals surface area (Å²) in [5.41, 5.74) is 0. The molecule has 0 amide bonds. The molecule has 0 radical (unpaired) electrons. The second kappa shape index (κ2) is 4.10.